The van der Waals surface area contributed by atoms with Gasteiger partial charge in [-0.1, -0.05) is 0 Å². The molecule has 2 rings (SSSR count). The van der Waals surface area contributed by atoms with Crippen LogP contribution in [0.5, 0.6) is 11.5 Å². The van der Waals surface area contributed by atoms with E-state index in [1.807, 2.05) is 0 Å². The molecule has 0 bridgehead atoms. The summed E-state index contributed by atoms with van der Waals surface area (Å²) in [6.07, 6.45) is -1.01. The van der Waals surface area contributed by atoms with Gasteiger partial charge in [0.05, 0.1) is 6.20 Å². The van der Waals surface area contributed by atoms with E-state index in [1.165, 1.54) is 18.5 Å². The van der Waals surface area contributed by atoms with E-state index >= 15 is 0 Å². The maximum atomic E-state index is 12.3. The van der Waals surface area contributed by atoms with Crippen molar-refractivity contribution in [2.24, 2.45) is 0 Å². The SMILES string of the molecule is FC1(F)Oc2ccncc2O1. The smallest absolute Gasteiger partial charge is 0.395 e. The second-order valence-electron chi connectivity index (χ2n) is 1.99. The first kappa shape index (κ1) is 6.33. The van der Waals surface area contributed by atoms with E-state index in [2.05, 4.69) is 14.5 Å². The quantitative estimate of drug-likeness (QED) is 0.573. The van der Waals surface area contributed by atoms with Gasteiger partial charge in [0.2, 0.25) is 0 Å². The number of aromatic nitrogens is 1. The second kappa shape index (κ2) is 1.81. The highest BCUT2D eigenvalue weighted by molar-refractivity contribution is 5.39. The number of hydrogen-bond acceptors (Lipinski definition) is 3. The van der Waals surface area contributed by atoms with E-state index in [0.29, 0.717) is 0 Å². The van der Waals surface area contributed by atoms with E-state index in [9.17, 15) is 8.78 Å². The predicted molar refractivity (Wildman–Crippen MR) is 30.4 cm³/mol. The number of alkyl halides is 2. The summed E-state index contributed by atoms with van der Waals surface area (Å²) >= 11 is 0. The van der Waals surface area contributed by atoms with Crippen molar-refractivity contribution in [2.45, 2.75) is 6.29 Å². The van der Waals surface area contributed by atoms with Crippen LogP contribution in [0.15, 0.2) is 18.5 Å². The molecule has 1 aromatic heterocycles. The van der Waals surface area contributed by atoms with Gasteiger partial charge in [0.1, 0.15) is 0 Å². The third-order valence-electron chi connectivity index (χ3n) is 1.20. The molecule has 0 radical (unpaired) electrons. The Morgan fingerprint density at radius 2 is 2.00 bits per heavy atom. The van der Waals surface area contributed by atoms with Crippen LogP contribution in [0.2, 0.25) is 0 Å². The van der Waals surface area contributed by atoms with Crippen molar-refractivity contribution in [3.8, 4) is 11.5 Å². The van der Waals surface area contributed by atoms with Gasteiger partial charge >= 0.3 is 6.29 Å². The van der Waals surface area contributed by atoms with Crippen molar-refractivity contribution in [3.63, 3.8) is 0 Å². The summed E-state index contributed by atoms with van der Waals surface area (Å²) in [5.41, 5.74) is 0. The zero-order chi connectivity index (χ0) is 7.90. The average molecular weight is 159 g/mol. The number of fused-ring (bicyclic) bond motifs is 1. The average Bonchev–Trinajstić information content (AvgIpc) is 2.21. The molecule has 0 spiro atoms. The molecule has 0 atom stereocenters. The Bertz CT molecular complexity index is 263. The fraction of sp³-hybridized carbons (Fsp3) is 0.167. The van der Waals surface area contributed by atoms with Gasteiger partial charge in [-0.3, -0.25) is 4.98 Å². The van der Waals surface area contributed by atoms with Gasteiger partial charge in [0, 0.05) is 12.3 Å². The maximum Gasteiger partial charge on any atom is 0.586 e. The molecular weight excluding hydrogens is 156 g/mol. The molecule has 5 heteroatoms. The number of ether oxygens (including phenoxy) is 2. The van der Waals surface area contributed by atoms with Crippen LogP contribution in [0.3, 0.4) is 0 Å². The van der Waals surface area contributed by atoms with Crippen molar-refractivity contribution < 1.29 is 18.3 Å². The summed E-state index contributed by atoms with van der Waals surface area (Å²) in [5.74, 6) is -0.0116. The molecule has 1 aliphatic heterocycles. The Labute approximate surface area is 60.6 Å². The topological polar surface area (TPSA) is 31.4 Å². The van der Waals surface area contributed by atoms with Crippen LogP contribution in [0.25, 0.3) is 0 Å². The Morgan fingerprint density at radius 3 is 2.73 bits per heavy atom. The molecule has 0 saturated heterocycles. The lowest BCUT2D eigenvalue weighted by Gasteiger charge is -2.04. The number of nitrogens with zero attached hydrogens (tertiary/aromatic N) is 1. The fourth-order valence-corrected chi connectivity index (χ4v) is 0.805. The minimum Gasteiger partial charge on any atom is -0.395 e. The van der Waals surface area contributed by atoms with Crippen molar-refractivity contribution in [2.75, 3.05) is 0 Å². The number of halogens is 2. The summed E-state index contributed by atoms with van der Waals surface area (Å²) in [7, 11) is 0. The van der Waals surface area contributed by atoms with Crippen LogP contribution in [0.1, 0.15) is 0 Å². The minimum atomic E-state index is -3.54. The molecule has 0 aromatic carbocycles. The van der Waals surface area contributed by atoms with E-state index < -0.39 is 6.29 Å². The van der Waals surface area contributed by atoms with Crippen LogP contribution in [-0.2, 0) is 0 Å². The van der Waals surface area contributed by atoms with Gasteiger partial charge in [-0.05, 0) is 0 Å². The molecule has 0 N–H and O–H groups in total. The molecule has 0 fully saturated rings. The van der Waals surface area contributed by atoms with Crippen molar-refractivity contribution in [1.82, 2.24) is 4.98 Å². The normalized spacial score (nSPS) is 18.4. The second-order valence-corrected chi connectivity index (χ2v) is 1.99. The molecular formula is C6H3F2NO2. The molecule has 1 aromatic rings. The lowest BCUT2D eigenvalue weighted by molar-refractivity contribution is -0.286. The van der Waals surface area contributed by atoms with E-state index in [-0.39, 0.29) is 11.5 Å². The highest BCUT2D eigenvalue weighted by Gasteiger charge is 2.43. The molecule has 1 aliphatic rings. The zero-order valence-electron chi connectivity index (χ0n) is 5.25. The zero-order valence-corrected chi connectivity index (χ0v) is 5.25. The Balaban J connectivity index is 2.41. The Hall–Kier alpha value is -1.39. The predicted octanol–water partition coefficient (Wildman–Crippen LogP) is 1.40. The van der Waals surface area contributed by atoms with Crippen LogP contribution in [0, 0.1) is 0 Å². The minimum absolute atomic E-state index is 0.0185. The summed E-state index contributed by atoms with van der Waals surface area (Å²) < 4.78 is 32.7. The largest absolute Gasteiger partial charge is 0.586 e. The standard InChI is InChI=1S/C6H3F2NO2/c7-6(8)10-4-1-2-9-3-5(4)11-6/h1-3H. The maximum absolute atomic E-state index is 12.3. The van der Waals surface area contributed by atoms with Gasteiger partial charge in [-0.25, -0.2) is 0 Å². The fourth-order valence-electron chi connectivity index (χ4n) is 0.805. The Kier molecular flexibility index (Phi) is 1.04. The van der Waals surface area contributed by atoms with Crippen LogP contribution >= 0.6 is 0 Å². The van der Waals surface area contributed by atoms with Crippen LogP contribution < -0.4 is 9.47 Å². The summed E-state index contributed by atoms with van der Waals surface area (Å²) in [4.78, 5) is 3.58. The highest BCUT2D eigenvalue weighted by atomic mass is 19.3. The summed E-state index contributed by atoms with van der Waals surface area (Å²) in [5, 5.41) is 0. The van der Waals surface area contributed by atoms with E-state index in [1.54, 1.807) is 0 Å². The third-order valence-corrected chi connectivity index (χ3v) is 1.20. The van der Waals surface area contributed by atoms with Gasteiger partial charge in [-0.2, -0.15) is 0 Å². The first-order valence-corrected chi connectivity index (χ1v) is 2.87. The third kappa shape index (κ3) is 0.978. The number of pyridine rings is 1. The first-order chi connectivity index (χ1) is 5.17. The van der Waals surface area contributed by atoms with Crippen LogP contribution in [0.4, 0.5) is 8.78 Å². The first-order valence-electron chi connectivity index (χ1n) is 2.87. The number of rotatable bonds is 0. The molecule has 58 valence electrons. The van der Waals surface area contributed by atoms with E-state index in [0.717, 1.165) is 0 Å². The summed E-state index contributed by atoms with van der Waals surface area (Å²) in [6, 6.07) is 1.32. The molecule has 0 aliphatic carbocycles. The van der Waals surface area contributed by atoms with E-state index in [4.69, 9.17) is 0 Å². The molecule has 0 unspecified atom stereocenters. The summed E-state index contributed by atoms with van der Waals surface area (Å²) in [6.45, 7) is 0. The van der Waals surface area contributed by atoms with Crippen molar-refractivity contribution in [3.05, 3.63) is 18.5 Å². The molecule has 2 heterocycles. The number of hydrogen-bond donors (Lipinski definition) is 0. The van der Waals surface area contributed by atoms with Gasteiger partial charge in [-0.15, -0.1) is 8.78 Å². The Morgan fingerprint density at radius 1 is 1.27 bits per heavy atom. The van der Waals surface area contributed by atoms with Crippen molar-refractivity contribution >= 4 is 0 Å². The molecule has 11 heavy (non-hydrogen) atoms. The van der Waals surface area contributed by atoms with Crippen LogP contribution in [-0.4, -0.2) is 11.3 Å². The van der Waals surface area contributed by atoms with Gasteiger partial charge in [0.25, 0.3) is 0 Å². The molecule has 3 nitrogen and oxygen atoms in total. The van der Waals surface area contributed by atoms with Gasteiger partial charge < -0.3 is 9.47 Å². The monoisotopic (exact) mass is 159 g/mol. The molecule has 0 saturated carbocycles. The lowest BCUT2D eigenvalue weighted by Crippen LogP contribution is -2.25. The highest BCUT2D eigenvalue weighted by Crippen LogP contribution is 2.39. The lowest BCUT2D eigenvalue weighted by atomic mass is 10.4. The molecule has 0 amide bonds. The van der Waals surface area contributed by atoms with Gasteiger partial charge in [0.15, 0.2) is 11.5 Å². The van der Waals surface area contributed by atoms with Crippen molar-refractivity contribution in [1.29, 1.82) is 0 Å².